The van der Waals surface area contributed by atoms with E-state index in [9.17, 15) is 9.59 Å². The summed E-state index contributed by atoms with van der Waals surface area (Å²) < 4.78 is 0.856. The van der Waals surface area contributed by atoms with Crippen LogP contribution in [0.15, 0.2) is 40.1 Å². The molecule has 3 rings (SSSR count). The lowest BCUT2D eigenvalue weighted by atomic mass is 10.0. The second kappa shape index (κ2) is 7.81. The Bertz CT molecular complexity index is 718. The minimum Gasteiger partial charge on any atom is -0.368 e. The van der Waals surface area contributed by atoms with Crippen LogP contribution in [0.4, 0.5) is 0 Å². The van der Waals surface area contributed by atoms with E-state index in [0.29, 0.717) is 13.0 Å². The van der Waals surface area contributed by atoms with Crippen molar-refractivity contribution >= 4 is 34.9 Å². The lowest BCUT2D eigenvalue weighted by Gasteiger charge is -2.33. The van der Waals surface area contributed by atoms with E-state index < -0.39 is 11.9 Å². The van der Waals surface area contributed by atoms with E-state index in [1.165, 1.54) is 23.1 Å². The minimum atomic E-state index is -0.456. The van der Waals surface area contributed by atoms with Gasteiger partial charge < -0.3 is 10.6 Å². The number of carbonyl (C=O) groups excluding carboxylic acids is 2. The maximum absolute atomic E-state index is 12.4. The van der Waals surface area contributed by atoms with Gasteiger partial charge in [-0.3, -0.25) is 9.59 Å². The maximum Gasteiger partial charge on any atom is 0.240 e. The predicted molar refractivity (Wildman–Crippen MR) is 96.8 cm³/mol. The van der Waals surface area contributed by atoms with Crippen LogP contribution in [0.3, 0.4) is 0 Å². The molecule has 2 amide bonds. The Morgan fingerprint density at radius 2 is 2.08 bits per heavy atom. The zero-order valence-corrected chi connectivity index (χ0v) is 14.8. The lowest BCUT2D eigenvalue weighted by Crippen LogP contribution is -2.51. The summed E-state index contributed by atoms with van der Waals surface area (Å²) in [5, 5.41) is 2.00. The van der Waals surface area contributed by atoms with Gasteiger partial charge in [0.1, 0.15) is 6.04 Å². The first kappa shape index (κ1) is 17.0. The van der Waals surface area contributed by atoms with Gasteiger partial charge in [-0.05, 0) is 19.3 Å². The first-order valence-electron chi connectivity index (χ1n) is 7.87. The molecule has 2 N–H and O–H groups in total. The van der Waals surface area contributed by atoms with Crippen molar-refractivity contribution in [3.63, 3.8) is 0 Å². The fourth-order valence-electron chi connectivity index (χ4n) is 2.80. The highest BCUT2D eigenvalue weighted by molar-refractivity contribution is 8.01. The van der Waals surface area contributed by atoms with Crippen LogP contribution in [0.5, 0.6) is 0 Å². The van der Waals surface area contributed by atoms with Crippen LogP contribution < -0.4 is 5.73 Å². The average Bonchev–Trinajstić information content (AvgIpc) is 3.09. The smallest absolute Gasteiger partial charge is 0.240 e. The zero-order chi connectivity index (χ0) is 16.9. The van der Waals surface area contributed by atoms with Gasteiger partial charge in [-0.15, -0.1) is 11.3 Å². The van der Waals surface area contributed by atoms with Crippen LogP contribution in [0.1, 0.15) is 19.3 Å². The van der Waals surface area contributed by atoms with Gasteiger partial charge in [-0.25, -0.2) is 4.98 Å². The molecule has 1 aliphatic rings. The van der Waals surface area contributed by atoms with E-state index in [0.717, 1.165) is 28.4 Å². The third-order valence-corrected chi connectivity index (χ3v) is 6.03. The lowest BCUT2D eigenvalue weighted by molar-refractivity contribution is -0.138. The molecule has 5 nitrogen and oxygen atoms in total. The number of amides is 2. The molecule has 0 bridgehead atoms. The number of primary amides is 1. The largest absolute Gasteiger partial charge is 0.368 e. The van der Waals surface area contributed by atoms with Crippen molar-refractivity contribution in [1.29, 1.82) is 0 Å². The summed E-state index contributed by atoms with van der Waals surface area (Å²) in [5.74, 6) is -0.167. The highest BCUT2D eigenvalue weighted by Gasteiger charge is 2.30. The summed E-state index contributed by atoms with van der Waals surface area (Å²) in [6.45, 7) is 0.611. The second-order valence-electron chi connectivity index (χ2n) is 5.65. The number of nitrogens with two attached hydrogens (primary N) is 1. The number of thioether (sulfide) groups is 1. The van der Waals surface area contributed by atoms with Crippen molar-refractivity contribution in [3.05, 3.63) is 35.7 Å². The van der Waals surface area contributed by atoms with Crippen LogP contribution in [0.25, 0.3) is 11.3 Å². The summed E-state index contributed by atoms with van der Waals surface area (Å²) in [5.41, 5.74) is 7.41. The van der Waals surface area contributed by atoms with Crippen molar-refractivity contribution in [3.8, 4) is 11.3 Å². The zero-order valence-electron chi connectivity index (χ0n) is 13.2. The molecule has 1 fully saturated rings. The van der Waals surface area contributed by atoms with Crippen molar-refractivity contribution < 1.29 is 9.59 Å². The SMILES string of the molecule is NC(=O)C1CCCCN1C(=O)CSc1nc(-c2ccccc2)cs1. The van der Waals surface area contributed by atoms with Crippen molar-refractivity contribution in [1.82, 2.24) is 9.88 Å². The van der Waals surface area contributed by atoms with Gasteiger partial charge in [0.15, 0.2) is 4.34 Å². The number of likely N-dealkylation sites (tertiary alicyclic amines) is 1. The molecule has 7 heteroatoms. The Balaban J connectivity index is 1.60. The van der Waals surface area contributed by atoms with Crippen LogP contribution in [0, 0.1) is 0 Å². The normalized spacial score (nSPS) is 17.7. The molecule has 2 aromatic rings. The fraction of sp³-hybridized carbons (Fsp3) is 0.353. The Labute approximate surface area is 149 Å². The molecule has 1 aromatic carbocycles. The predicted octanol–water partition coefficient (Wildman–Crippen LogP) is 2.77. The van der Waals surface area contributed by atoms with E-state index in [1.807, 2.05) is 35.7 Å². The second-order valence-corrected chi connectivity index (χ2v) is 7.74. The number of aromatic nitrogens is 1. The maximum atomic E-state index is 12.4. The summed E-state index contributed by atoms with van der Waals surface area (Å²) in [7, 11) is 0. The topological polar surface area (TPSA) is 76.3 Å². The first-order chi connectivity index (χ1) is 11.6. The standard InChI is InChI=1S/C17H19N3O2S2/c18-16(22)14-8-4-5-9-20(14)15(21)11-24-17-19-13(10-23-17)12-6-2-1-3-7-12/h1-3,6-7,10,14H,4-5,8-9,11H2,(H2,18,22). The van der Waals surface area contributed by atoms with Gasteiger partial charge in [0, 0.05) is 17.5 Å². The summed E-state index contributed by atoms with van der Waals surface area (Å²) >= 11 is 2.95. The van der Waals surface area contributed by atoms with Crippen molar-refractivity contribution in [2.75, 3.05) is 12.3 Å². The Morgan fingerprint density at radius 3 is 2.83 bits per heavy atom. The number of nitrogens with zero attached hydrogens (tertiary/aromatic N) is 2. The monoisotopic (exact) mass is 361 g/mol. The number of piperidine rings is 1. The highest BCUT2D eigenvalue weighted by Crippen LogP contribution is 2.29. The van der Waals surface area contributed by atoms with E-state index in [4.69, 9.17) is 5.73 Å². The van der Waals surface area contributed by atoms with E-state index in [2.05, 4.69) is 4.98 Å². The van der Waals surface area contributed by atoms with Crippen LogP contribution in [-0.2, 0) is 9.59 Å². The highest BCUT2D eigenvalue weighted by atomic mass is 32.2. The quantitative estimate of drug-likeness (QED) is 0.831. The molecule has 0 radical (unpaired) electrons. The Morgan fingerprint density at radius 1 is 1.29 bits per heavy atom. The molecule has 1 aromatic heterocycles. The van der Waals surface area contributed by atoms with E-state index >= 15 is 0 Å². The number of benzene rings is 1. The van der Waals surface area contributed by atoms with E-state index in [1.54, 1.807) is 4.90 Å². The van der Waals surface area contributed by atoms with Gasteiger partial charge in [-0.2, -0.15) is 0 Å². The van der Waals surface area contributed by atoms with Crippen LogP contribution >= 0.6 is 23.1 Å². The van der Waals surface area contributed by atoms with Gasteiger partial charge in [0.25, 0.3) is 0 Å². The van der Waals surface area contributed by atoms with Crippen molar-refractivity contribution in [2.24, 2.45) is 5.73 Å². The Hall–Kier alpha value is -1.86. The molecule has 2 heterocycles. The van der Waals surface area contributed by atoms with Gasteiger partial charge >= 0.3 is 0 Å². The van der Waals surface area contributed by atoms with Crippen LogP contribution in [-0.4, -0.2) is 40.0 Å². The number of hydrogen-bond donors (Lipinski definition) is 1. The number of hydrogen-bond acceptors (Lipinski definition) is 5. The molecule has 0 saturated carbocycles. The van der Waals surface area contributed by atoms with E-state index in [-0.39, 0.29) is 11.7 Å². The summed E-state index contributed by atoms with van der Waals surface area (Å²) in [4.78, 5) is 30.2. The molecular weight excluding hydrogens is 342 g/mol. The molecular formula is C17H19N3O2S2. The fourth-order valence-corrected chi connectivity index (χ4v) is 4.52. The molecule has 1 saturated heterocycles. The van der Waals surface area contributed by atoms with Gasteiger partial charge in [-0.1, -0.05) is 42.1 Å². The third-order valence-electron chi connectivity index (χ3n) is 4.02. The minimum absolute atomic E-state index is 0.0417. The first-order valence-corrected chi connectivity index (χ1v) is 9.74. The molecule has 1 atom stereocenters. The average molecular weight is 361 g/mol. The van der Waals surface area contributed by atoms with Gasteiger partial charge in [0.2, 0.25) is 11.8 Å². The summed E-state index contributed by atoms with van der Waals surface area (Å²) in [6.07, 6.45) is 2.54. The molecule has 0 spiro atoms. The molecule has 0 aliphatic carbocycles. The molecule has 1 aliphatic heterocycles. The van der Waals surface area contributed by atoms with Gasteiger partial charge in [0.05, 0.1) is 11.4 Å². The molecule has 1 unspecified atom stereocenters. The molecule has 24 heavy (non-hydrogen) atoms. The van der Waals surface area contributed by atoms with Crippen LogP contribution in [0.2, 0.25) is 0 Å². The summed E-state index contributed by atoms with van der Waals surface area (Å²) in [6, 6.07) is 9.50. The number of rotatable bonds is 5. The molecule has 126 valence electrons. The number of thiazole rings is 1. The number of carbonyl (C=O) groups is 2. The van der Waals surface area contributed by atoms with Crippen molar-refractivity contribution in [2.45, 2.75) is 29.6 Å². The Kier molecular flexibility index (Phi) is 5.52. The third kappa shape index (κ3) is 3.96.